The maximum Gasteiger partial charge on any atom is 0.338 e. The number of non-ortho nitro benzene ring substituents is 1. The zero-order valence-corrected chi connectivity index (χ0v) is 14.2. The van der Waals surface area contributed by atoms with Gasteiger partial charge in [0, 0.05) is 19.1 Å². The van der Waals surface area contributed by atoms with Crippen molar-refractivity contribution in [2.24, 2.45) is 0 Å². The first-order valence-corrected chi connectivity index (χ1v) is 8.06. The molecule has 0 bridgehead atoms. The molecule has 0 aliphatic heterocycles. The number of carbonyl (C=O) groups is 2. The van der Waals surface area contributed by atoms with Crippen LogP contribution in [0.2, 0.25) is 0 Å². The number of halogens is 1. The molecule has 1 aliphatic carbocycles. The Bertz CT molecular complexity index is 648. The number of hydrogen-bond donors (Lipinski definition) is 1. The Morgan fingerprint density at radius 1 is 1.33 bits per heavy atom. The molecule has 24 heavy (non-hydrogen) atoms. The van der Waals surface area contributed by atoms with Crippen molar-refractivity contribution in [2.45, 2.75) is 50.1 Å². The topological polar surface area (TPSA) is 98.5 Å². The van der Waals surface area contributed by atoms with Crippen LogP contribution in [-0.2, 0) is 9.53 Å². The molecule has 0 spiro atoms. The predicted octanol–water partition coefficient (Wildman–Crippen LogP) is 2.81. The molecule has 2 rings (SSSR count). The lowest BCUT2D eigenvalue weighted by Gasteiger charge is -2.44. The van der Waals surface area contributed by atoms with E-state index in [1.165, 1.54) is 31.2 Å². The monoisotopic (exact) mass is 354 g/mol. The molecule has 0 aromatic heterocycles. The summed E-state index contributed by atoms with van der Waals surface area (Å²) < 4.78 is 5.56. The first kappa shape index (κ1) is 18.2. The number of esters is 1. The molecule has 1 fully saturated rings. The van der Waals surface area contributed by atoms with Crippen LogP contribution in [0.25, 0.3) is 0 Å². The van der Waals surface area contributed by atoms with E-state index in [1.54, 1.807) is 6.92 Å². The van der Waals surface area contributed by atoms with Crippen LogP contribution in [0.1, 0.15) is 43.5 Å². The fourth-order valence-corrected chi connectivity index (χ4v) is 3.27. The molecule has 7 nitrogen and oxygen atoms in total. The van der Waals surface area contributed by atoms with Gasteiger partial charge < -0.3 is 10.1 Å². The van der Waals surface area contributed by atoms with Gasteiger partial charge in [0.1, 0.15) is 6.10 Å². The number of rotatable bonds is 4. The molecule has 130 valence electrons. The van der Waals surface area contributed by atoms with Crippen molar-refractivity contribution in [1.82, 2.24) is 5.32 Å². The van der Waals surface area contributed by atoms with E-state index in [1.807, 2.05) is 0 Å². The zero-order chi connectivity index (χ0) is 17.9. The minimum Gasteiger partial charge on any atom is -0.456 e. The molecule has 1 aromatic carbocycles. The van der Waals surface area contributed by atoms with Gasteiger partial charge in [-0.2, -0.15) is 0 Å². The number of carbonyl (C=O) groups excluding carboxylic acids is 2. The largest absolute Gasteiger partial charge is 0.456 e. The standard InChI is InChI=1S/C16H19ClN2O5/c1-10(20)18-16(2)13(17)4-3-5-14(16)24-15(21)11-6-8-12(9-7-11)19(22)23/h6-9,13-14H,3-5H2,1-2H3,(H,18,20). The van der Waals surface area contributed by atoms with Gasteiger partial charge in [0.05, 0.1) is 21.4 Å². The average molecular weight is 355 g/mol. The summed E-state index contributed by atoms with van der Waals surface area (Å²) in [6, 6.07) is 5.18. The third-order valence-corrected chi connectivity index (χ3v) is 4.92. The fourth-order valence-electron chi connectivity index (χ4n) is 2.92. The maximum absolute atomic E-state index is 12.3. The fraction of sp³-hybridized carbons (Fsp3) is 0.500. The first-order chi connectivity index (χ1) is 11.2. The van der Waals surface area contributed by atoms with Crippen molar-refractivity contribution in [3.8, 4) is 0 Å². The molecule has 1 N–H and O–H groups in total. The molecule has 0 heterocycles. The Morgan fingerprint density at radius 2 is 1.96 bits per heavy atom. The van der Waals surface area contributed by atoms with Crippen molar-refractivity contribution in [2.75, 3.05) is 0 Å². The van der Waals surface area contributed by atoms with E-state index in [2.05, 4.69) is 5.32 Å². The SMILES string of the molecule is CC(=O)NC1(C)C(Cl)CCCC1OC(=O)c1ccc([N+](=O)[O-])cc1. The van der Waals surface area contributed by atoms with Crippen LogP contribution in [0, 0.1) is 10.1 Å². The number of alkyl halides is 1. The Kier molecular flexibility index (Phi) is 5.43. The number of benzene rings is 1. The predicted molar refractivity (Wildman–Crippen MR) is 88.0 cm³/mol. The van der Waals surface area contributed by atoms with Crippen molar-refractivity contribution in [1.29, 1.82) is 0 Å². The van der Waals surface area contributed by atoms with Crippen LogP contribution >= 0.6 is 11.6 Å². The number of ether oxygens (including phenoxy) is 1. The molecule has 0 saturated heterocycles. The summed E-state index contributed by atoms with van der Waals surface area (Å²) in [5.41, 5.74) is -0.752. The van der Waals surface area contributed by atoms with Gasteiger partial charge in [-0.1, -0.05) is 0 Å². The number of nitro groups is 1. The Hall–Kier alpha value is -2.15. The molecule has 0 radical (unpaired) electrons. The second-order valence-electron chi connectivity index (χ2n) is 6.06. The van der Waals surface area contributed by atoms with Gasteiger partial charge in [-0.3, -0.25) is 14.9 Å². The quantitative estimate of drug-likeness (QED) is 0.388. The second kappa shape index (κ2) is 7.17. The van der Waals surface area contributed by atoms with Crippen LogP contribution in [0.3, 0.4) is 0 Å². The number of amides is 1. The van der Waals surface area contributed by atoms with Gasteiger partial charge in [-0.05, 0) is 38.3 Å². The zero-order valence-electron chi connectivity index (χ0n) is 13.5. The summed E-state index contributed by atoms with van der Waals surface area (Å²) in [6.07, 6.45) is 1.50. The van der Waals surface area contributed by atoms with Crippen LogP contribution in [0.4, 0.5) is 5.69 Å². The summed E-state index contributed by atoms with van der Waals surface area (Å²) in [6.45, 7) is 3.15. The van der Waals surface area contributed by atoms with Gasteiger partial charge in [-0.25, -0.2) is 4.79 Å². The Morgan fingerprint density at radius 3 is 2.50 bits per heavy atom. The lowest BCUT2D eigenvalue weighted by atomic mass is 9.80. The van der Waals surface area contributed by atoms with E-state index in [-0.39, 0.29) is 22.5 Å². The van der Waals surface area contributed by atoms with E-state index in [0.717, 1.165) is 6.42 Å². The van der Waals surface area contributed by atoms with Crippen LogP contribution in [-0.4, -0.2) is 33.8 Å². The third kappa shape index (κ3) is 3.84. The first-order valence-electron chi connectivity index (χ1n) is 7.62. The molecule has 1 aromatic rings. The van der Waals surface area contributed by atoms with E-state index in [9.17, 15) is 19.7 Å². The minimum absolute atomic E-state index is 0.104. The highest BCUT2D eigenvalue weighted by molar-refractivity contribution is 6.21. The van der Waals surface area contributed by atoms with Crippen LogP contribution in [0.5, 0.6) is 0 Å². The van der Waals surface area contributed by atoms with Crippen molar-refractivity contribution in [3.05, 3.63) is 39.9 Å². The highest BCUT2D eigenvalue weighted by atomic mass is 35.5. The van der Waals surface area contributed by atoms with Gasteiger partial charge in [0.15, 0.2) is 0 Å². The summed E-state index contributed by atoms with van der Waals surface area (Å²) in [5.74, 6) is -0.848. The molecule has 3 unspecified atom stereocenters. The summed E-state index contributed by atoms with van der Waals surface area (Å²) in [5, 5.41) is 13.1. The smallest absolute Gasteiger partial charge is 0.338 e. The number of hydrogen-bond acceptors (Lipinski definition) is 5. The number of nitro benzene ring substituents is 1. The highest BCUT2D eigenvalue weighted by Gasteiger charge is 2.46. The molecular formula is C16H19ClN2O5. The van der Waals surface area contributed by atoms with Gasteiger partial charge in [0.25, 0.3) is 5.69 Å². The van der Waals surface area contributed by atoms with E-state index in [4.69, 9.17) is 16.3 Å². The molecule has 8 heteroatoms. The normalized spacial score (nSPS) is 26.5. The number of nitrogens with one attached hydrogen (secondary N) is 1. The summed E-state index contributed by atoms with van der Waals surface area (Å²) in [4.78, 5) is 33.9. The van der Waals surface area contributed by atoms with Gasteiger partial charge in [-0.15, -0.1) is 11.6 Å². The molecule has 1 amide bonds. The molecule has 1 saturated carbocycles. The molecule has 1 aliphatic rings. The Labute approximate surface area is 144 Å². The summed E-state index contributed by atoms with van der Waals surface area (Å²) in [7, 11) is 0. The number of nitrogens with zero attached hydrogens (tertiary/aromatic N) is 1. The molecular weight excluding hydrogens is 336 g/mol. The van der Waals surface area contributed by atoms with Crippen molar-refractivity contribution in [3.63, 3.8) is 0 Å². The van der Waals surface area contributed by atoms with E-state index in [0.29, 0.717) is 12.8 Å². The Balaban J connectivity index is 2.16. The molecule has 3 atom stereocenters. The van der Waals surface area contributed by atoms with Gasteiger partial charge >= 0.3 is 5.97 Å². The third-order valence-electron chi connectivity index (χ3n) is 4.25. The van der Waals surface area contributed by atoms with Crippen molar-refractivity contribution >= 4 is 29.2 Å². The minimum atomic E-state index is -0.859. The van der Waals surface area contributed by atoms with Crippen molar-refractivity contribution < 1.29 is 19.2 Å². The summed E-state index contributed by atoms with van der Waals surface area (Å²) >= 11 is 6.37. The lowest BCUT2D eigenvalue weighted by Crippen LogP contribution is -2.62. The van der Waals surface area contributed by atoms with E-state index < -0.39 is 22.5 Å². The van der Waals surface area contributed by atoms with E-state index >= 15 is 0 Å². The van der Waals surface area contributed by atoms with Gasteiger partial charge in [0.2, 0.25) is 5.91 Å². The van der Waals surface area contributed by atoms with Crippen LogP contribution in [0.15, 0.2) is 24.3 Å². The van der Waals surface area contributed by atoms with Crippen LogP contribution < -0.4 is 5.32 Å². The maximum atomic E-state index is 12.3. The highest BCUT2D eigenvalue weighted by Crippen LogP contribution is 2.35. The average Bonchev–Trinajstić information content (AvgIpc) is 2.51. The lowest BCUT2D eigenvalue weighted by molar-refractivity contribution is -0.384. The second-order valence-corrected chi connectivity index (χ2v) is 6.59.